The monoisotopic (exact) mass is 236 g/mol. The molecule has 0 spiro atoms. The van der Waals surface area contributed by atoms with Gasteiger partial charge in [-0.1, -0.05) is 0 Å². The third kappa shape index (κ3) is 3.85. The summed E-state index contributed by atoms with van der Waals surface area (Å²) < 4.78 is 5.54. The second-order valence-corrected chi connectivity index (χ2v) is 4.60. The third-order valence-electron chi connectivity index (χ3n) is 2.65. The average Bonchev–Trinajstić information content (AvgIpc) is 2.30. The fourth-order valence-corrected chi connectivity index (χ4v) is 1.91. The van der Waals surface area contributed by atoms with Crippen LogP contribution in [0.15, 0.2) is 12.4 Å². The van der Waals surface area contributed by atoms with Crippen molar-refractivity contribution in [1.82, 2.24) is 15.3 Å². The molecular weight excluding hydrogens is 216 g/mol. The first-order valence-corrected chi connectivity index (χ1v) is 6.20. The highest BCUT2D eigenvalue weighted by atomic mass is 16.5. The molecule has 0 bridgehead atoms. The fourth-order valence-electron chi connectivity index (χ4n) is 1.91. The summed E-state index contributed by atoms with van der Waals surface area (Å²) in [5.74, 6) is 1.46. The highest BCUT2D eigenvalue weighted by Crippen LogP contribution is 2.15. The van der Waals surface area contributed by atoms with Crippen LogP contribution in [0.2, 0.25) is 0 Å². The number of nitrogens with one attached hydrogen (secondary N) is 2. The van der Waals surface area contributed by atoms with Crippen LogP contribution in [-0.4, -0.2) is 35.2 Å². The summed E-state index contributed by atoms with van der Waals surface area (Å²) in [4.78, 5) is 8.29. The Morgan fingerprint density at radius 3 is 3.06 bits per heavy atom. The van der Waals surface area contributed by atoms with Crippen LogP contribution in [0.25, 0.3) is 0 Å². The van der Waals surface area contributed by atoms with E-state index in [-0.39, 0.29) is 6.10 Å². The van der Waals surface area contributed by atoms with Gasteiger partial charge in [-0.2, -0.15) is 0 Å². The van der Waals surface area contributed by atoms with Crippen molar-refractivity contribution in [2.24, 2.45) is 0 Å². The standard InChI is InChI=1S/C12H20N4O/c1-9(2)17-12-6-11(14-8-15-12)16-10-4-3-5-13-7-10/h6,8-10,13H,3-5,7H2,1-2H3,(H,14,15,16). The van der Waals surface area contributed by atoms with Crippen molar-refractivity contribution in [3.63, 3.8) is 0 Å². The maximum absolute atomic E-state index is 5.54. The summed E-state index contributed by atoms with van der Waals surface area (Å²) in [5, 5.41) is 6.77. The van der Waals surface area contributed by atoms with Crippen molar-refractivity contribution < 1.29 is 4.74 Å². The molecule has 17 heavy (non-hydrogen) atoms. The van der Waals surface area contributed by atoms with E-state index >= 15 is 0 Å². The fraction of sp³-hybridized carbons (Fsp3) is 0.667. The molecule has 1 atom stereocenters. The lowest BCUT2D eigenvalue weighted by Gasteiger charge is -2.24. The summed E-state index contributed by atoms with van der Waals surface area (Å²) in [7, 11) is 0. The van der Waals surface area contributed by atoms with Gasteiger partial charge in [0.2, 0.25) is 5.88 Å². The van der Waals surface area contributed by atoms with E-state index in [1.165, 1.54) is 19.2 Å². The van der Waals surface area contributed by atoms with Crippen LogP contribution < -0.4 is 15.4 Å². The van der Waals surface area contributed by atoms with Gasteiger partial charge >= 0.3 is 0 Å². The summed E-state index contributed by atoms with van der Waals surface area (Å²) >= 11 is 0. The van der Waals surface area contributed by atoms with Crippen LogP contribution in [0.5, 0.6) is 5.88 Å². The SMILES string of the molecule is CC(C)Oc1cc(NC2CCCNC2)ncn1. The zero-order valence-corrected chi connectivity index (χ0v) is 10.4. The van der Waals surface area contributed by atoms with Gasteiger partial charge in [-0.3, -0.25) is 0 Å². The van der Waals surface area contributed by atoms with E-state index in [1.54, 1.807) is 0 Å². The molecule has 1 aromatic rings. The van der Waals surface area contributed by atoms with Crippen molar-refractivity contribution in [2.45, 2.75) is 38.8 Å². The Hall–Kier alpha value is -1.36. The lowest BCUT2D eigenvalue weighted by atomic mass is 10.1. The molecule has 1 unspecified atom stereocenters. The predicted octanol–water partition coefficient (Wildman–Crippen LogP) is 1.43. The van der Waals surface area contributed by atoms with Gasteiger partial charge in [-0.25, -0.2) is 9.97 Å². The number of hydrogen-bond acceptors (Lipinski definition) is 5. The number of hydrogen-bond donors (Lipinski definition) is 2. The minimum absolute atomic E-state index is 0.133. The highest BCUT2D eigenvalue weighted by Gasteiger charge is 2.13. The van der Waals surface area contributed by atoms with Gasteiger partial charge in [0.25, 0.3) is 0 Å². The van der Waals surface area contributed by atoms with E-state index in [4.69, 9.17) is 4.74 Å². The van der Waals surface area contributed by atoms with E-state index in [9.17, 15) is 0 Å². The van der Waals surface area contributed by atoms with Crippen LogP contribution in [0.3, 0.4) is 0 Å². The molecule has 5 nitrogen and oxygen atoms in total. The van der Waals surface area contributed by atoms with E-state index in [0.29, 0.717) is 11.9 Å². The summed E-state index contributed by atoms with van der Waals surface area (Å²) in [6.07, 6.45) is 4.06. The number of nitrogens with zero attached hydrogens (tertiary/aromatic N) is 2. The second kappa shape index (κ2) is 5.82. The molecule has 94 valence electrons. The second-order valence-electron chi connectivity index (χ2n) is 4.60. The van der Waals surface area contributed by atoms with Crippen molar-refractivity contribution in [1.29, 1.82) is 0 Å². The quantitative estimate of drug-likeness (QED) is 0.828. The van der Waals surface area contributed by atoms with Crippen LogP contribution >= 0.6 is 0 Å². The maximum atomic E-state index is 5.54. The largest absolute Gasteiger partial charge is 0.475 e. The Bertz CT molecular complexity index is 350. The van der Waals surface area contributed by atoms with Crippen LogP contribution in [0, 0.1) is 0 Å². The first-order valence-electron chi connectivity index (χ1n) is 6.20. The Morgan fingerprint density at radius 2 is 2.35 bits per heavy atom. The van der Waals surface area contributed by atoms with E-state index in [0.717, 1.165) is 18.9 Å². The molecule has 1 aliphatic heterocycles. The first-order chi connectivity index (χ1) is 8.24. The van der Waals surface area contributed by atoms with Gasteiger partial charge in [0, 0.05) is 18.7 Å². The van der Waals surface area contributed by atoms with E-state index in [2.05, 4.69) is 20.6 Å². The molecule has 1 fully saturated rings. The number of rotatable bonds is 4. The number of anilines is 1. The lowest BCUT2D eigenvalue weighted by molar-refractivity contribution is 0.232. The molecule has 0 radical (unpaired) electrons. The molecule has 1 aliphatic rings. The summed E-state index contributed by atoms with van der Waals surface area (Å²) in [5.41, 5.74) is 0. The molecule has 1 saturated heterocycles. The van der Waals surface area contributed by atoms with Crippen molar-refractivity contribution in [3.05, 3.63) is 12.4 Å². The Labute approximate surface area is 102 Å². The molecule has 0 aliphatic carbocycles. The maximum Gasteiger partial charge on any atom is 0.218 e. The van der Waals surface area contributed by atoms with Gasteiger partial charge in [0.05, 0.1) is 6.10 Å². The molecule has 0 amide bonds. The highest BCUT2D eigenvalue weighted by molar-refractivity contribution is 5.38. The molecule has 1 aromatic heterocycles. The minimum atomic E-state index is 0.133. The van der Waals surface area contributed by atoms with Gasteiger partial charge in [0.15, 0.2) is 0 Å². The van der Waals surface area contributed by atoms with Gasteiger partial charge in [-0.15, -0.1) is 0 Å². The lowest BCUT2D eigenvalue weighted by Crippen LogP contribution is -2.38. The Kier molecular flexibility index (Phi) is 4.14. The van der Waals surface area contributed by atoms with Gasteiger partial charge < -0.3 is 15.4 Å². The minimum Gasteiger partial charge on any atom is -0.475 e. The smallest absolute Gasteiger partial charge is 0.218 e. The van der Waals surface area contributed by atoms with Crippen LogP contribution in [0.1, 0.15) is 26.7 Å². The molecular formula is C12H20N4O. The Morgan fingerprint density at radius 1 is 1.47 bits per heavy atom. The topological polar surface area (TPSA) is 59.1 Å². The zero-order valence-electron chi connectivity index (χ0n) is 10.4. The molecule has 2 heterocycles. The van der Waals surface area contributed by atoms with Crippen LogP contribution in [0.4, 0.5) is 5.82 Å². The van der Waals surface area contributed by atoms with Crippen molar-refractivity contribution in [2.75, 3.05) is 18.4 Å². The average molecular weight is 236 g/mol. The van der Waals surface area contributed by atoms with Gasteiger partial charge in [0.1, 0.15) is 12.1 Å². The van der Waals surface area contributed by atoms with Crippen molar-refractivity contribution in [3.8, 4) is 5.88 Å². The zero-order chi connectivity index (χ0) is 12.1. The number of ether oxygens (including phenoxy) is 1. The molecule has 2 N–H and O–H groups in total. The molecule has 0 saturated carbocycles. The normalized spacial score (nSPS) is 20.3. The first kappa shape index (κ1) is 12.1. The van der Waals surface area contributed by atoms with Gasteiger partial charge in [-0.05, 0) is 33.2 Å². The molecule has 2 rings (SSSR count). The third-order valence-corrected chi connectivity index (χ3v) is 2.65. The number of aromatic nitrogens is 2. The van der Waals surface area contributed by atoms with Crippen molar-refractivity contribution >= 4 is 5.82 Å². The van der Waals surface area contributed by atoms with E-state index in [1.807, 2.05) is 19.9 Å². The molecule has 0 aromatic carbocycles. The summed E-state index contributed by atoms with van der Waals surface area (Å²) in [6, 6.07) is 2.31. The number of piperidine rings is 1. The summed E-state index contributed by atoms with van der Waals surface area (Å²) in [6.45, 7) is 6.08. The van der Waals surface area contributed by atoms with Crippen LogP contribution in [-0.2, 0) is 0 Å². The molecule has 5 heteroatoms. The predicted molar refractivity (Wildman–Crippen MR) is 67.3 cm³/mol. The van der Waals surface area contributed by atoms with E-state index < -0.39 is 0 Å². The Balaban J connectivity index is 1.95.